The van der Waals surface area contributed by atoms with Crippen molar-refractivity contribution in [1.82, 2.24) is 9.21 Å². The van der Waals surface area contributed by atoms with Crippen molar-refractivity contribution < 1.29 is 22.3 Å². The van der Waals surface area contributed by atoms with E-state index in [0.29, 0.717) is 16.9 Å². The lowest BCUT2D eigenvalue weighted by Crippen LogP contribution is -2.50. The first-order chi connectivity index (χ1) is 16.4. The van der Waals surface area contributed by atoms with Crippen molar-refractivity contribution in [1.29, 1.82) is 5.26 Å². The second-order valence-corrected chi connectivity index (χ2v) is 9.68. The molecule has 0 unspecified atom stereocenters. The van der Waals surface area contributed by atoms with E-state index in [4.69, 9.17) is 10.00 Å². The molecule has 34 heavy (non-hydrogen) atoms. The molecule has 3 aromatic rings. The highest BCUT2D eigenvalue weighted by atomic mass is 32.2. The second kappa shape index (κ2) is 10.0. The Morgan fingerprint density at radius 1 is 0.941 bits per heavy atom. The lowest BCUT2D eigenvalue weighted by Gasteiger charge is -2.34. The van der Waals surface area contributed by atoms with E-state index in [1.165, 1.54) is 40.7 Å². The van der Waals surface area contributed by atoms with Crippen LogP contribution in [0.4, 0.5) is 4.39 Å². The van der Waals surface area contributed by atoms with Crippen LogP contribution in [0, 0.1) is 17.1 Å². The van der Waals surface area contributed by atoms with Crippen LogP contribution in [-0.2, 0) is 16.6 Å². The van der Waals surface area contributed by atoms with Gasteiger partial charge in [0.2, 0.25) is 10.0 Å². The normalized spacial score (nSPS) is 14.4. The molecule has 174 valence electrons. The molecule has 0 radical (unpaired) electrons. The molecule has 0 atom stereocenters. The average molecular weight is 480 g/mol. The molecule has 1 amide bonds. The van der Waals surface area contributed by atoms with Crippen LogP contribution in [0.15, 0.2) is 77.7 Å². The SMILES string of the molecule is N#Cc1ccc(S(=O)(=O)N2CCN(C(=O)c3ccccc3OCc3ccc(F)cc3)CC2)cc1. The molecular weight excluding hydrogens is 457 g/mol. The van der Waals surface area contributed by atoms with Crippen LogP contribution in [0.3, 0.4) is 0 Å². The minimum atomic E-state index is -3.72. The molecule has 1 aliphatic heterocycles. The molecule has 4 rings (SSSR count). The van der Waals surface area contributed by atoms with Gasteiger partial charge in [0.15, 0.2) is 0 Å². The number of halogens is 1. The highest BCUT2D eigenvalue weighted by molar-refractivity contribution is 7.89. The van der Waals surface area contributed by atoms with Gasteiger partial charge in [-0.3, -0.25) is 4.79 Å². The number of nitriles is 1. The molecule has 1 aliphatic rings. The average Bonchev–Trinajstić information content (AvgIpc) is 2.88. The Bertz CT molecular complexity index is 1310. The quantitative estimate of drug-likeness (QED) is 0.540. The third kappa shape index (κ3) is 5.09. The second-order valence-electron chi connectivity index (χ2n) is 7.74. The maximum atomic E-state index is 13.2. The summed E-state index contributed by atoms with van der Waals surface area (Å²) in [6, 6.07) is 20.5. The zero-order valence-electron chi connectivity index (χ0n) is 18.2. The first kappa shape index (κ1) is 23.4. The van der Waals surface area contributed by atoms with Crippen molar-refractivity contribution in [2.24, 2.45) is 0 Å². The van der Waals surface area contributed by atoms with E-state index in [1.54, 1.807) is 41.3 Å². The molecule has 1 saturated heterocycles. The minimum absolute atomic E-state index is 0.116. The molecular formula is C25H22FN3O4S. The van der Waals surface area contributed by atoms with Crippen molar-refractivity contribution in [2.45, 2.75) is 11.5 Å². The molecule has 0 N–H and O–H groups in total. The summed E-state index contributed by atoms with van der Waals surface area (Å²) < 4.78 is 46.1. The summed E-state index contributed by atoms with van der Waals surface area (Å²) in [5.41, 5.74) is 1.54. The third-order valence-electron chi connectivity index (χ3n) is 5.57. The fourth-order valence-electron chi connectivity index (χ4n) is 3.66. The number of sulfonamides is 1. The zero-order chi connectivity index (χ0) is 24.1. The number of nitrogens with zero attached hydrogens (tertiary/aromatic N) is 3. The van der Waals surface area contributed by atoms with Crippen molar-refractivity contribution in [3.05, 3.63) is 95.3 Å². The smallest absolute Gasteiger partial charge is 0.257 e. The number of hydrogen-bond acceptors (Lipinski definition) is 5. The molecule has 7 nitrogen and oxygen atoms in total. The molecule has 0 spiro atoms. The van der Waals surface area contributed by atoms with E-state index in [1.807, 2.05) is 6.07 Å². The summed E-state index contributed by atoms with van der Waals surface area (Å²) in [4.78, 5) is 14.9. The van der Waals surface area contributed by atoms with Crippen LogP contribution in [0.1, 0.15) is 21.5 Å². The summed E-state index contributed by atoms with van der Waals surface area (Å²) in [5.74, 6) is -0.172. The molecule has 1 fully saturated rings. The summed E-state index contributed by atoms with van der Waals surface area (Å²) in [6.07, 6.45) is 0. The number of para-hydroxylation sites is 1. The molecule has 0 aromatic heterocycles. The molecule has 0 saturated carbocycles. The van der Waals surface area contributed by atoms with Gasteiger partial charge >= 0.3 is 0 Å². The van der Waals surface area contributed by atoms with Crippen LogP contribution < -0.4 is 4.74 Å². The van der Waals surface area contributed by atoms with Gasteiger partial charge in [-0.1, -0.05) is 24.3 Å². The monoisotopic (exact) mass is 479 g/mol. The van der Waals surface area contributed by atoms with Crippen molar-refractivity contribution in [3.63, 3.8) is 0 Å². The Morgan fingerprint density at radius 2 is 1.59 bits per heavy atom. The van der Waals surface area contributed by atoms with E-state index >= 15 is 0 Å². The Kier molecular flexibility index (Phi) is 6.91. The molecule has 0 aliphatic carbocycles. The summed E-state index contributed by atoms with van der Waals surface area (Å²) in [5, 5.41) is 8.91. The van der Waals surface area contributed by atoms with E-state index in [9.17, 15) is 17.6 Å². The van der Waals surface area contributed by atoms with Crippen molar-refractivity contribution >= 4 is 15.9 Å². The van der Waals surface area contributed by atoms with Gasteiger partial charge in [-0.25, -0.2) is 12.8 Å². The number of hydrogen-bond donors (Lipinski definition) is 0. The lowest BCUT2D eigenvalue weighted by molar-refractivity contribution is 0.0693. The Labute approximate surface area is 197 Å². The maximum Gasteiger partial charge on any atom is 0.257 e. The van der Waals surface area contributed by atoms with Gasteiger partial charge in [0.25, 0.3) is 5.91 Å². The topological polar surface area (TPSA) is 90.7 Å². The third-order valence-corrected chi connectivity index (χ3v) is 7.48. The molecule has 1 heterocycles. The van der Waals surface area contributed by atoms with Crippen molar-refractivity contribution in [3.8, 4) is 11.8 Å². The molecule has 3 aromatic carbocycles. The Balaban J connectivity index is 1.41. The van der Waals surface area contributed by atoms with Gasteiger partial charge in [0.1, 0.15) is 18.2 Å². The number of rotatable bonds is 6. The van der Waals surface area contributed by atoms with Gasteiger partial charge in [0.05, 0.1) is 22.1 Å². The largest absolute Gasteiger partial charge is 0.488 e. The highest BCUT2D eigenvalue weighted by Crippen LogP contribution is 2.24. The fourth-order valence-corrected chi connectivity index (χ4v) is 5.09. The number of carbonyl (C=O) groups is 1. The number of amides is 1. The summed E-state index contributed by atoms with van der Waals surface area (Å²) in [6.45, 7) is 0.974. The number of ether oxygens (including phenoxy) is 1. The Morgan fingerprint density at radius 3 is 2.24 bits per heavy atom. The number of piperazine rings is 1. The summed E-state index contributed by atoms with van der Waals surface area (Å²) in [7, 11) is -3.72. The van der Waals surface area contributed by atoms with E-state index in [0.717, 1.165) is 5.56 Å². The van der Waals surface area contributed by atoms with Crippen LogP contribution >= 0.6 is 0 Å². The first-order valence-electron chi connectivity index (χ1n) is 10.6. The standard InChI is InChI=1S/C25H22FN3O4S/c26-21-9-5-20(6-10-21)18-33-24-4-2-1-3-23(24)25(30)28-13-15-29(16-14-28)34(31,32)22-11-7-19(17-27)8-12-22/h1-12H,13-16,18H2. The predicted molar refractivity (Wildman–Crippen MR) is 123 cm³/mol. The Hall–Kier alpha value is -3.74. The van der Waals surface area contributed by atoms with Gasteiger partial charge in [0, 0.05) is 26.2 Å². The maximum absolute atomic E-state index is 13.2. The van der Waals surface area contributed by atoms with Crippen LogP contribution in [0.5, 0.6) is 5.75 Å². The highest BCUT2D eigenvalue weighted by Gasteiger charge is 2.31. The van der Waals surface area contributed by atoms with Gasteiger partial charge < -0.3 is 9.64 Å². The van der Waals surface area contributed by atoms with Gasteiger partial charge in [-0.2, -0.15) is 9.57 Å². The fraction of sp³-hybridized carbons (Fsp3) is 0.200. The first-order valence-corrected chi connectivity index (χ1v) is 12.1. The van der Waals surface area contributed by atoms with Gasteiger partial charge in [-0.15, -0.1) is 0 Å². The molecule has 0 bridgehead atoms. The van der Waals surface area contributed by atoms with E-state index < -0.39 is 10.0 Å². The molecule has 9 heteroatoms. The van der Waals surface area contributed by atoms with Gasteiger partial charge in [-0.05, 0) is 54.1 Å². The van der Waals surface area contributed by atoms with Crippen molar-refractivity contribution in [2.75, 3.05) is 26.2 Å². The zero-order valence-corrected chi connectivity index (χ0v) is 19.0. The summed E-state index contributed by atoms with van der Waals surface area (Å²) >= 11 is 0. The lowest BCUT2D eigenvalue weighted by atomic mass is 10.1. The van der Waals surface area contributed by atoms with Crippen LogP contribution in [0.2, 0.25) is 0 Å². The number of carbonyl (C=O) groups excluding carboxylic acids is 1. The van der Waals surface area contributed by atoms with E-state index in [2.05, 4.69) is 0 Å². The predicted octanol–water partition coefficient (Wildman–Crippen LogP) is 3.42. The van der Waals surface area contributed by atoms with Crippen LogP contribution in [-0.4, -0.2) is 49.7 Å². The number of benzene rings is 3. The minimum Gasteiger partial charge on any atom is -0.488 e. The van der Waals surface area contributed by atoms with Crippen LogP contribution in [0.25, 0.3) is 0 Å². The van der Waals surface area contributed by atoms with E-state index in [-0.39, 0.29) is 49.4 Å².